The average molecular weight is 382 g/mol. The van der Waals surface area contributed by atoms with E-state index in [1.165, 1.54) is 12.1 Å². The third-order valence-electron chi connectivity index (χ3n) is 3.78. The number of carboxylic acids is 1. The number of ether oxygens (including phenoxy) is 1. The van der Waals surface area contributed by atoms with Gasteiger partial charge in [0.25, 0.3) is 5.91 Å². The van der Waals surface area contributed by atoms with Crippen LogP contribution in [-0.2, 0) is 10.2 Å². The number of carbonyl (C=O) groups is 2. The van der Waals surface area contributed by atoms with Crippen LogP contribution in [0.4, 0.5) is 18.9 Å². The van der Waals surface area contributed by atoms with Crippen LogP contribution in [0, 0.1) is 0 Å². The Morgan fingerprint density at radius 3 is 2.22 bits per heavy atom. The Hall–Kier alpha value is -3.10. The first-order valence-corrected chi connectivity index (χ1v) is 7.80. The number of hydrogen-bond acceptors (Lipinski definition) is 4. The summed E-state index contributed by atoms with van der Waals surface area (Å²) in [5.41, 5.74) is 0.0612. The fourth-order valence-electron chi connectivity index (χ4n) is 2.05. The van der Waals surface area contributed by atoms with Crippen LogP contribution in [0.2, 0.25) is 0 Å². The van der Waals surface area contributed by atoms with Crippen molar-refractivity contribution < 1.29 is 32.6 Å². The predicted molar refractivity (Wildman–Crippen MR) is 90.8 cm³/mol. The molecule has 2 N–H and O–H groups in total. The molecular weight excluding hydrogens is 365 g/mol. The molecule has 0 saturated heterocycles. The van der Waals surface area contributed by atoms with Gasteiger partial charge in [-0.2, -0.15) is 13.2 Å². The standard InChI is InChI=1S/C18H17F3N2O4/c1-17(2,16(25)26)12-4-6-13(7-5-12)23-15(24)11-3-8-14(22-9-11)27-10-18(19,20)21/h3-9H,10H2,1-2H3,(H,23,24)(H,25,26). The van der Waals surface area contributed by atoms with Crippen molar-refractivity contribution in [2.24, 2.45) is 0 Å². The van der Waals surface area contributed by atoms with Crippen molar-refractivity contribution in [3.63, 3.8) is 0 Å². The van der Waals surface area contributed by atoms with Crippen LogP contribution >= 0.6 is 0 Å². The molecule has 9 heteroatoms. The molecule has 0 saturated carbocycles. The maximum atomic E-state index is 12.2. The van der Waals surface area contributed by atoms with Gasteiger partial charge in [-0.05, 0) is 37.6 Å². The number of aliphatic carboxylic acids is 1. The van der Waals surface area contributed by atoms with E-state index in [0.29, 0.717) is 11.3 Å². The highest BCUT2D eigenvalue weighted by Gasteiger charge is 2.29. The molecule has 0 atom stereocenters. The molecule has 0 unspecified atom stereocenters. The first-order chi connectivity index (χ1) is 12.5. The Morgan fingerprint density at radius 2 is 1.74 bits per heavy atom. The largest absolute Gasteiger partial charge is 0.481 e. The topological polar surface area (TPSA) is 88.5 Å². The number of anilines is 1. The Balaban J connectivity index is 2.02. The molecule has 1 heterocycles. The highest BCUT2D eigenvalue weighted by Crippen LogP contribution is 2.25. The molecule has 0 radical (unpaired) electrons. The van der Waals surface area contributed by atoms with Gasteiger partial charge in [0.1, 0.15) is 0 Å². The van der Waals surface area contributed by atoms with E-state index >= 15 is 0 Å². The van der Waals surface area contributed by atoms with Crippen molar-refractivity contribution in [3.05, 3.63) is 53.7 Å². The molecular formula is C18H17F3N2O4. The van der Waals surface area contributed by atoms with Crippen molar-refractivity contribution in [2.75, 3.05) is 11.9 Å². The fourth-order valence-corrected chi connectivity index (χ4v) is 2.05. The van der Waals surface area contributed by atoms with Crippen LogP contribution in [0.3, 0.4) is 0 Å². The molecule has 2 rings (SSSR count). The number of carbonyl (C=O) groups excluding carboxylic acids is 1. The van der Waals surface area contributed by atoms with Gasteiger partial charge in [-0.15, -0.1) is 0 Å². The number of hydrogen-bond donors (Lipinski definition) is 2. The molecule has 1 aromatic carbocycles. The Bertz CT molecular complexity index is 816. The highest BCUT2D eigenvalue weighted by molar-refractivity contribution is 6.04. The Kier molecular flexibility index (Phi) is 5.72. The second-order valence-corrected chi connectivity index (χ2v) is 6.25. The predicted octanol–water partition coefficient (Wildman–Crippen LogP) is 3.64. The van der Waals surface area contributed by atoms with E-state index in [-0.39, 0.29) is 11.4 Å². The third kappa shape index (κ3) is 5.44. The van der Waals surface area contributed by atoms with Crippen molar-refractivity contribution in [2.45, 2.75) is 25.4 Å². The molecule has 0 aliphatic heterocycles. The zero-order chi connectivity index (χ0) is 20.2. The van der Waals surface area contributed by atoms with E-state index in [4.69, 9.17) is 0 Å². The van der Waals surface area contributed by atoms with E-state index in [9.17, 15) is 27.9 Å². The molecule has 0 bridgehead atoms. The second-order valence-electron chi connectivity index (χ2n) is 6.25. The van der Waals surface area contributed by atoms with Gasteiger partial charge in [-0.1, -0.05) is 12.1 Å². The van der Waals surface area contributed by atoms with Gasteiger partial charge in [-0.3, -0.25) is 9.59 Å². The number of carboxylic acid groups (broad SMARTS) is 1. The van der Waals surface area contributed by atoms with Crippen molar-refractivity contribution in [3.8, 4) is 5.88 Å². The van der Waals surface area contributed by atoms with Gasteiger partial charge < -0.3 is 15.2 Å². The van der Waals surface area contributed by atoms with Gasteiger partial charge >= 0.3 is 12.1 Å². The SMILES string of the molecule is CC(C)(C(=O)O)c1ccc(NC(=O)c2ccc(OCC(F)(F)F)nc2)cc1. The highest BCUT2D eigenvalue weighted by atomic mass is 19.4. The van der Waals surface area contributed by atoms with Crippen LogP contribution in [0.25, 0.3) is 0 Å². The number of alkyl halides is 3. The number of amides is 1. The monoisotopic (exact) mass is 382 g/mol. The molecule has 1 amide bonds. The molecule has 144 valence electrons. The third-order valence-corrected chi connectivity index (χ3v) is 3.78. The summed E-state index contributed by atoms with van der Waals surface area (Å²) in [5.74, 6) is -1.74. The quantitative estimate of drug-likeness (QED) is 0.796. The number of aromatic nitrogens is 1. The second kappa shape index (κ2) is 7.65. The smallest absolute Gasteiger partial charge is 0.422 e. The molecule has 0 fully saturated rings. The summed E-state index contributed by atoms with van der Waals surface area (Å²) in [5, 5.41) is 11.8. The zero-order valence-corrected chi connectivity index (χ0v) is 14.5. The first kappa shape index (κ1) is 20.2. The van der Waals surface area contributed by atoms with E-state index in [2.05, 4.69) is 15.0 Å². The van der Waals surface area contributed by atoms with Gasteiger partial charge in [0, 0.05) is 18.0 Å². The number of benzene rings is 1. The zero-order valence-electron chi connectivity index (χ0n) is 14.5. The first-order valence-electron chi connectivity index (χ1n) is 7.80. The van der Waals surface area contributed by atoms with E-state index in [1.807, 2.05) is 0 Å². The molecule has 0 aliphatic rings. The van der Waals surface area contributed by atoms with Crippen molar-refractivity contribution in [1.82, 2.24) is 4.98 Å². The summed E-state index contributed by atoms with van der Waals surface area (Å²) in [6, 6.07) is 8.76. The molecule has 2 aromatic rings. The number of nitrogens with one attached hydrogen (secondary N) is 1. The lowest BCUT2D eigenvalue weighted by molar-refractivity contribution is -0.154. The fraction of sp³-hybridized carbons (Fsp3) is 0.278. The number of halogens is 3. The molecule has 1 aromatic heterocycles. The Morgan fingerprint density at radius 1 is 1.11 bits per heavy atom. The minimum Gasteiger partial charge on any atom is -0.481 e. The summed E-state index contributed by atoms with van der Waals surface area (Å²) in [4.78, 5) is 27.1. The summed E-state index contributed by atoms with van der Waals surface area (Å²) >= 11 is 0. The molecule has 0 spiro atoms. The Labute approximate surface area is 153 Å². The molecule has 27 heavy (non-hydrogen) atoms. The minimum atomic E-state index is -4.47. The average Bonchev–Trinajstić information content (AvgIpc) is 2.60. The lowest BCUT2D eigenvalue weighted by Gasteiger charge is -2.19. The molecule has 6 nitrogen and oxygen atoms in total. The lowest BCUT2D eigenvalue weighted by atomic mass is 9.85. The van der Waals surface area contributed by atoms with Crippen LogP contribution in [0.1, 0.15) is 29.8 Å². The maximum absolute atomic E-state index is 12.2. The van der Waals surface area contributed by atoms with Crippen molar-refractivity contribution in [1.29, 1.82) is 0 Å². The van der Waals surface area contributed by atoms with E-state index in [0.717, 1.165) is 6.20 Å². The maximum Gasteiger partial charge on any atom is 0.422 e. The van der Waals surface area contributed by atoms with Crippen LogP contribution in [0.5, 0.6) is 5.88 Å². The lowest BCUT2D eigenvalue weighted by Crippen LogP contribution is -2.28. The summed E-state index contributed by atoms with van der Waals surface area (Å²) in [6.07, 6.45) is -3.37. The van der Waals surface area contributed by atoms with Crippen LogP contribution < -0.4 is 10.1 Å². The number of pyridine rings is 1. The summed E-state index contributed by atoms with van der Waals surface area (Å²) in [7, 11) is 0. The van der Waals surface area contributed by atoms with Gasteiger partial charge in [0.2, 0.25) is 5.88 Å². The summed E-state index contributed by atoms with van der Waals surface area (Å²) < 4.78 is 40.7. The van der Waals surface area contributed by atoms with E-state index in [1.54, 1.807) is 38.1 Å². The minimum absolute atomic E-state index is 0.129. The normalized spacial score (nSPS) is 11.7. The number of nitrogens with zero attached hydrogens (tertiary/aromatic N) is 1. The van der Waals surface area contributed by atoms with Crippen molar-refractivity contribution >= 4 is 17.6 Å². The summed E-state index contributed by atoms with van der Waals surface area (Å²) in [6.45, 7) is 1.67. The van der Waals surface area contributed by atoms with Crippen LogP contribution in [0.15, 0.2) is 42.6 Å². The van der Waals surface area contributed by atoms with Gasteiger partial charge in [-0.25, -0.2) is 4.98 Å². The van der Waals surface area contributed by atoms with Gasteiger partial charge in [0.15, 0.2) is 6.61 Å². The van der Waals surface area contributed by atoms with Crippen LogP contribution in [-0.4, -0.2) is 34.8 Å². The molecule has 0 aliphatic carbocycles. The van der Waals surface area contributed by atoms with Gasteiger partial charge in [0.05, 0.1) is 11.0 Å². The van der Waals surface area contributed by atoms with E-state index < -0.39 is 30.1 Å². The number of rotatable bonds is 6.